The first-order valence-electron chi connectivity index (χ1n) is 19.8. The third-order valence-electron chi connectivity index (χ3n) is 11.8. The summed E-state index contributed by atoms with van der Waals surface area (Å²) in [5.74, 6) is -6.24. The summed E-state index contributed by atoms with van der Waals surface area (Å²) >= 11 is 0. The second-order valence-corrected chi connectivity index (χ2v) is 15.9. The number of phenols is 1. The first-order chi connectivity index (χ1) is 27.6. The molecule has 3 aliphatic heterocycles. The number of amides is 1. The molecule has 0 aromatic heterocycles. The number of anilines is 1. The van der Waals surface area contributed by atoms with Crippen LogP contribution in [0.25, 0.3) is 5.57 Å². The number of ketones is 1. The molecule has 2 aromatic rings. The van der Waals surface area contributed by atoms with Crippen LogP contribution in [0, 0.1) is 44.4 Å². The Morgan fingerprint density at radius 2 is 1.59 bits per heavy atom. The molecular weight excluding hydrogens is 757 g/mol. The van der Waals surface area contributed by atoms with Gasteiger partial charge in [0.15, 0.2) is 11.5 Å². The third-order valence-corrected chi connectivity index (χ3v) is 11.8. The van der Waals surface area contributed by atoms with E-state index >= 15 is 0 Å². The number of aromatic hydroxyl groups is 1. The van der Waals surface area contributed by atoms with Gasteiger partial charge in [-0.3, -0.25) is 14.4 Å². The molecule has 320 valence electrons. The number of hydrogen-bond acceptors (Lipinski definition) is 12. The first kappa shape index (κ1) is 46.5. The number of allylic oxidation sites excluding steroid dienone is 4. The van der Waals surface area contributed by atoms with E-state index in [9.17, 15) is 34.8 Å². The number of nitrogens with one attached hydrogen (secondary N) is 1. The van der Waals surface area contributed by atoms with Crippen molar-refractivity contribution in [3.63, 3.8) is 0 Å². The highest BCUT2D eigenvalue weighted by Crippen LogP contribution is 2.45. The number of nitrogen functional groups attached to an aromatic ring is 1. The van der Waals surface area contributed by atoms with Crippen molar-refractivity contribution in [2.75, 3.05) is 12.8 Å². The summed E-state index contributed by atoms with van der Waals surface area (Å²) in [7, 11) is 1.44. The lowest BCUT2D eigenvalue weighted by molar-refractivity contribution is -0.155. The van der Waals surface area contributed by atoms with Gasteiger partial charge in [0.1, 0.15) is 17.2 Å². The van der Waals surface area contributed by atoms with Crippen molar-refractivity contribution in [3.8, 4) is 17.2 Å². The maximum absolute atomic E-state index is 14.5. The maximum Gasteiger partial charge on any atom is 0.304 e. The van der Waals surface area contributed by atoms with Gasteiger partial charge in [0.25, 0.3) is 5.91 Å². The van der Waals surface area contributed by atoms with Crippen molar-refractivity contribution in [1.82, 2.24) is 5.32 Å². The minimum absolute atomic E-state index is 0.0264. The first-order valence-corrected chi connectivity index (χ1v) is 19.8. The van der Waals surface area contributed by atoms with Gasteiger partial charge in [-0.1, -0.05) is 59.4 Å². The number of fused-ring (bicyclic) bond motifs is 2. The molecule has 4 bridgehead atoms. The monoisotopic (exact) mass is 816 g/mol. The van der Waals surface area contributed by atoms with Crippen LogP contribution in [0.5, 0.6) is 17.2 Å². The summed E-state index contributed by atoms with van der Waals surface area (Å²) in [5, 5.41) is 48.2. The number of phenolic OH excluding ortho intramolecular Hbond substituents is 1. The normalized spacial score (nSPS) is 30.6. The molecule has 1 amide bonds. The van der Waals surface area contributed by atoms with Gasteiger partial charge in [-0.2, -0.15) is 0 Å². The number of methoxy groups -OCH3 is 1. The van der Waals surface area contributed by atoms with Gasteiger partial charge in [0.05, 0.1) is 41.9 Å². The van der Waals surface area contributed by atoms with E-state index in [4.69, 9.17) is 24.7 Å². The minimum Gasteiger partial charge on any atom is -0.507 e. The van der Waals surface area contributed by atoms with Crippen LogP contribution in [-0.2, 0) is 25.5 Å². The fourth-order valence-corrected chi connectivity index (χ4v) is 7.51. The topological polar surface area (TPSA) is 207 Å². The molecule has 0 spiro atoms. The van der Waals surface area contributed by atoms with E-state index in [0.29, 0.717) is 18.4 Å². The molecule has 0 unspecified atom stereocenters. The lowest BCUT2D eigenvalue weighted by atomic mass is 9.78. The number of benzene rings is 2. The number of aryl methyl sites for hydroxylation is 1. The number of hydrogen-bond donors (Lipinski definition) is 6. The van der Waals surface area contributed by atoms with Crippen molar-refractivity contribution in [3.05, 3.63) is 99.7 Å². The zero-order chi connectivity index (χ0) is 44.3. The van der Waals surface area contributed by atoms with Gasteiger partial charge in [0.2, 0.25) is 12.1 Å². The smallest absolute Gasteiger partial charge is 0.304 e. The van der Waals surface area contributed by atoms with Gasteiger partial charge >= 0.3 is 5.79 Å². The zero-order valence-corrected chi connectivity index (χ0v) is 35.9. The third kappa shape index (κ3) is 9.49. The molecule has 13 heteroatoms. The van der Waals surface area contributed by atoms with Crippen molar-refractivity contribution in [1.29, 1.82) is 0 Å². The van der Waals surface area contributed by atoms with E-state index in [2.05, 4.69) is 11.9 Å². The van der Waals surface area contributed by atoms with E-state index in [1.807, 2.05) is 20.8 Å². The molecule has 4 aliphatic rings. The molecule has 0 saturated carbocycles. The quantitative estimate of drug-likeness (QED) is 0.150. The number of aliphatic hydroxyl groups excluding tert-OH is 3. The lowest BCUT2D eigenvalue weighted by Crippen LogP contribution is -2.44. The number of rotatable bonds is 5. The molecular formula is C46H60N2O11. The van der Waals surface area contributed by atoms with Crippen molar-refractivity contribution < 1.29 is 53.8 Å². The van der Waals surface area contributed by atoms with Crippen molar-refractivity contribution >= 4 is 29.2 Å². The zero-order valence-electron chi connectivity index (χ0n) is 35.9. The van der Waals surface area contributed by atoms with Crippen LogP contribution in [0.4, 0.5) is 5.69 Å². The molecule has 0 fully saturated rings. The molecule has 6 rings (SSSR count). The Balaban J connectivity index is 1.94. The fraction of sp³-hybridized carbons (Fsp3) is 0.457. The number of carbonyl (C=O) groups excluding carboxylic acids is 3. The second kappa shape index (κ2) is 18.8. The van der Waals surface area contributed by atoms with E-state index in [-0.39, 0.29) is 50.8 Å². The highest BCUT2D eigenvalue weighted by atomic mass is 16.7. The van der Waals surface area contributed by atoms with E-state index < -0.39 is 71.3 Å². The summed E-state index contributed by atoms with van der Waals surface area (Å²) in [4.78, 5) is 40.9. The van der Waals surface area contributed by atoms with E-state index in [1.54, 1.807) is 45.9 Å². The largest absolute Gasteiger partial charge is 0.507 e. The van der Waals surface area contributed by atoms with Crippen LogP contribution in [0.3, 0.4) is 0 Å². The van der Waals surface area contributed by atoms with Gasteiger partial charge in [-0.25, -0.2) is 0 Å². The predicted octanol–water partition coefficient (Wildman–Crippen LogP) is 6.06. The average molecular weight is 817 g/mol. The summed E-state index contributed by atoms with van der Waals surface area (Å²) < 4.78 is 24.0. The molecule has 1 aliphatic carbocycles. The summed E-state index contributed by atoms with van der Waals surface area (Å²) in [6.45, 7) is 21.3. The van der Waals surface area contributed by atoms with Crippen LogP contribution in [0.1, 0.15) is 86.6 Å². The van der Waals surface area contributed by atoms with Crippen molar-refractivity contribution in [2.24, 2.45) is 23.7 Å². The van der Waals surface area contributed by atoms with Gasteiger partial charge in [-0.05, 0) is 69.0 Å². The maximum atomic E-state index is 14.5. The predicted molar refractivity (Wildman–Crippen MR) is 225 cm³/mol. The molecule has 13 nitrogen and oxygen atoms in total. The van der Waals surface area contributed by atoms with Crippen LogP contribution >= 0.6 is 0 Å². The SMILES string of the molecule is C=C1C(Oc2c(N)cc(C)c(C)c2CC)=C2NC(=O)/C(C)=C\C=C\[C@H](C)[C@H](O)[C@@H](C)[C@@H](O)[C@@H](C)[C@H](O)[C@H](C)[C@@H](OC)/C=C/O[C@](C)(C=O)Oc3cc1c(c(O)c3C)C2=O. The molecule has 9 atom stereocenters. The molecule has 59 heavy (non-hydrogen) atoms. The van der Waals surface area contributed by atoms with E-state index in [1.165, 1.54) is 52.4 Å². The number of aldehydes is 1. The number of nitrogens with two attached hydrogens (primary N) is 1. The number of aliphatic hydroxyl groups is 3. The Labute approximate surface area is 346 Å². The average Bonchev–Trinajstić information content (AvgIpc) is 3.20. The Morgan fingerprint density at radius 3 is 2.20 bits per heavy atom. The molecule has 0 saturated heterocycles. The Kier molecular flexibility index (Phi) is 14.8. The molecule has 3 heterocycles. The Morgan fingerprint density at radius 1 is 0.966 bits per heavy atom. The Bertz CT molecular complexity index is 2100. The second-order valence-electron chi connectivity index (χ2n) is 15.9. The fourth-order valence-electron chi connectivity index (χ4n) is 7.51. The van der Waals surface area contributed by atoms with E-state index in [0.717, 1.165) is 16.7 Å². The molecule has 2 aromatic carbocycles. The van der Waals surface area contributed by atoms with Gasteiger partial charge in [0, 0.05) is 60.0 Å². The number of Topliss-reactive ketones (excluding diaryl/α,β-unsaturated/α-hetero) is 1. The lowest BCUT2D eigenvalue weighted by Gasteiger charge is -2.36. The highest BCUT2D eigenvalue weighted by molar-refractivity contribution is 6.20. The standard InChI is InChI=1S/C46H60N2O11/c1-13-31-25(5)24(4)19-33(47)44(31)58-43-26(6)32-20-35-28(8)41(53)36(32)42(54)37(43)48-45(55)23(3)16-14-15-22(2)38(50)29(9)40(52)30(10)39(51)27(7)34(56-12)17-18-57-46(11,21-49)59-35/h14-22,27,29-30,34,38-40,50-53H,6,13,47H2,1-5,7-12H3,(H,48,55)/b15-14+,18-17+,23-16-/t22-,27+,29+,30-,34-,38-,39+,40+,46-/m0/s1. The molecule has 7 N–H and O–H groups in total. The van der Waals surface area contributed by atoms with Crippen LogP contribution in [0.2, 0.25) is 0 Å². The Hall–Kier alpha value is -5.21. The minimum atomic E-state index is -1.98. The van der Waals surface area contributed by atoms with Gasteiger partial charge in [-0.15, -0.1) is 0 Å². The summed E-state index contributed by atoms with van der Waals surface area (Å²) in [5.41, 5.74) is 9.43. The van der Waals surface area contributed by atoms with Gasteiger partial charge < -0.3 is 50.4 Å². The van der Waals surface area contributed by atoms with Crippen molar-refractivity contribution in [2.45, 2.75) is 106 Å². The summed E-state index contributed by atoms with van der Waals surface area (Å²) in [6, 6.07) is 3.18. The summed E-state index contributed by atoms with van der Waals surface area (Å²) in [6.07, 6.45) is 4.42. The highest BCUT2D eigenvalue weighted by Gasteiger charge is 2.39. The number of carbonyl (C=O) groups is 3. The molecule has 0 radical (unpaired) electrons. The number of ether oxygens (including phenoxy) is 4. The van der Waals surface area contributed by atoms with Crippen LogP contribution in [0.15, 0.2) is 66.3 Å². The van der Waals surface area contributed by atoms with Crippen LogP contribution in [-0.4, -0.2) is 75.7 Å². The van der Waals surface area contributed by atoms with Crippen LogP contribution < -0.4 is 20.5 Å².